The predicted molar refractivity (Wildman–Crippen MR) is 78.2 cm³/mol. The minimum Gasteiger partial charge on any atom is -0.297 e. The Hall–Kier alpha value is -2.68. The number of rotatable bonds is 5. The van der Waals surface area contributed by atoms with Crippen molar-refractivity contribution in [3.8, 4) is 0 Å². The standard InChI is InChI=1S/C14H10F3N3O2S/c15-14(16,17)12(21)8-10(11-2-1-7-23-11)19-20-13(22)9-3-5-18-6-4-9/h1-8,19H,(H,20,22)/b10-8-. The number of carbonyl (C=O) groups excluding carboxylic acids is 2. The first-order chi connectivity index (χ1) is 10.9. The quantitative estimate of drug-likeness (QED) is 0.648. The summed E-state index contributed by atoms with van der Waals surface area (Å²) in [6.07, 6.45) is -1.78. The highest BCUT2D eigenvalue weighted by molar-refractivity contribution is 7.11. The molecule has 0 aliphatic carbocycles. The van der Waals surface area contributed by atoms with Gasteiger partial charge in [-0.2, -0.15) is 13.2 Å². The molecule has 2 aromatic rings. The minimum absolute atomic E-state index is 0.148. The van der Waals surface area contributed by atoms with Gasteiger partial charge in [-0.15, -0.1) is 11.3 Å². The first-order valence-corrected chi connectivity index (χ1v) is 7.09. The van der Waals surface area contributed by atoms with Crippen molar-refractivity contribution in [2.24, 2.45) is 0 Å². The molecular formula is C14H10F3N3O2S. The van der Waals surface area contributed by atoms with Gasteiger partial charge in [0.25, 0.3) is 11.7 Å². The maximum Gasteiger partial charge on any atom is 0.454 e. The molecule has 0 aromatic carbocycles. The highest BCUT2D eigenvalue weighted by Gasteiger charge is 2.37. The van der Waals surface area contributed by atoms with E-state index in [0.717, 1.165) is 11.3 Å². The SMILES string of the molecule is O=C(NN/C(=C\C(=O)C(F)(F)F)c1cccs1)c1ccncc1. The van der Waals surface area contributed by atoms with E-state index in [9.17, 15) is 22.8 Å². The third kappa shape index (κ3) is 4.65. The van der Waals surface area contributed by atoms with Crippen molar-refractivity contribution in [3.63, 3.8) is 0 Å². The van der Waals surface area contributed by atoms with Crippen LogP contribution in [0.3, 0.4) is 0 Å². The Morgan fingerprint density at radius 1 is 1.13 bits per heavy atom. The zero-order chi connectivity index (χ0) is 16.9. The van der Waals surface area contributed by atoms with Crippen LogP contribution in [0.25, 0.3) is 5.70 Å². The summed E-state index contributed by atoms with van der Waals surface area (Å²) in [6, 6.07) is 6.00. The van der Waals surface area contributed by atoms with Crippen LogP contribution in [0, 0.1) is 0 Å². The number of hydrogen-bond acceptors (Lipinski definition) is 5. The molecule has 23 heavy (non-hydrogen) atoms. The van der Waals surface area contributed by atoms with Gasteiger partial charge in [-0.05, 0) is 23.6 Å². The van der Waals surface area contributed by atoms with Gasteiger partial charge in [0.2, 0.25) is 0 Å². The van der Waals surface area contributed by atoms with Gasteiger partial charge >= 0.3 is 6.18 Å². The van der Waals surface area contributed by atoms with E-state index in [1.165, 1.54) is 30.6 Å². The summed E-state index contributed by atoms with van der Waals surface area (Å²) in [5, 5.41) is 1.63. The molecule has 5 nitrogen and oxygen atoms in total. The van der Waals surface area contributed by atoms with E-state index in [1.54, 1.807) is 11.4 Å². The van der Waals surface area contributed by atoms with Crippen molar-refractivity contribution in [1.29, 1.82) is 0 Å². The second kappa shape index (κ2) is 7.05. The van der Waals surface area contributed by atoms with Gasteiger partial charge < -0.3 is 0 Å². The van der Waals surface area contributed by atoms with E-state index in [0.29, 0.717) is 11.0 Å². The number of allylic oxidation sites excluding steroid dienone is 1. The van der Waals surface area contributed by atoms with Gasteiger partial charge in [-0.1, -0.05) is 6.07 Å². The average Bonchev–Trinajstić information content (AvgIpc) is 3.05. The molecular weight excluding hydrogens is 331 g/mol. The summed E-state index contributed by atoms with van der Waals surface area (Å²) < 4.78 is 37.2. The average molecular weight is 341 g/mol. The highest BCUT2D eigenvalue weighted by atomic mass is 32.1. The van der Waals surface area contributed by atoms with E-state index < -0.39 is 17.9 Å². The Labute approximate surface area is 132 Å². The summed E-state index contributed by atoms with van der Waals surface area (Å²) >= 11 is 1.12. The Bertz CT molecular complexity index is 713. The lowest BCUT2D eigenvalue weighted by atomic mass is 10.2. The molecule has 2 heterocycles. The molecule has 0 unspecified atom stereocenters. The van der Waals surface area contributed by atoms with Crippen LogP contribution in [0.5, 0.6) is 0 Å². The van der Waals surface area contributed by atoms with Gasteiger partial charge in [0, 0.05) is 24.0 Å². The summed E-state index contributed by atoms with van der Waals surface area (Å²) in [7, 11) is 0. The largest absolute Gasteiger partial charge is 0.454 e. The van der Waals surface area contributed by atoms with Gasteiger partial charge in [-0.3, -0.25) is 25.4 Å². The molecule has 0 atom stereocenters. The lowest BCUT2D eigenvalue weighted by molar-refractivity contribution is -0.165. The van der Waals surface area contributed by atoms with Crippen molar-refractivity contribution in [2.75, 3.05) is 0 Å². The number of thiophene rings is 1. The molecule has 0 fully saturated rings. The van der Waals surface area contributed by atoms with Crippen molar-refractivity contribution in [2.45, 2.75) is 6.18 Å². The van der Waals surface area contributed by atoms with Gasteiger partial charge in [-0.25, -0.2) is 0 Å². The number of nitrogens with zero attached hydrogens (tertiary/aromatic N) is 1. The number of hydrazine groups is 1. The topological polar surface area (TPSA) is 71.1 Å². The number of ketones is 1. The Balaban J connectivity index is 2.15. The Morgan fingerprint density at radius 3 is 2.39 bits per heavy atom. The molecule has 0 bridgehead atoms. The third-order valence-electron chi connectivity index (χ3n) is 2.59. The third-order valence-corrected chi connectivity index (χ3v) is 3.50. The van der Waals surface area contributed by atoms with E-state index >= 15 is 0 Å². The number of carbonyl (C=O) groups is 2. The smallest absolute Gasteiger partial charge is 0.297 e. The minimum atomic E-state index is -4.99. The number of alkyl halides is 3. The molecule has 2 aromatic heterocycles. The molecule has 0 saturated heterocycles. The summed E-state index contributed by atoms with van der Waals surface area (Å²) in [6.45, 7) is 0. The second-order valence-electron chi connectivity index (χ2n) is 4.21. The molecule has 2 rings (SSSR count). The van der Waals surface area contributed by atoms with Crippen LogP contribution >= 0.6 is 11.3 Å². The van der Waals surface area contributed by atoms with Crippen LogP contribution in [0.2, 0.25) is 0 Å². The van der Waals surface area contributed by atoms with E-state index in [4.69, 9.17) is 0 Å². The Morgan fingerprint density at radius 2 is 1.83 bits per heavy atom. The van der Waals surface area contributed by atoms with E-state index in [-0.39, 0.29) is 11.3 Å². The Kier molecular flexibility index (Phi) is 5.12. The molecule has 0 radical (unpaired) electrons. The van der Waals surface area contributed by atoms with E-state index in [1.807, 2.05) is 0 Å². The zero-order valence-electron chi connectivity index (χ0n) is 11.4. The van der Waals surface area contributed by atoms with Crippen molar-refractivity contribution in [3.05, 3.63) is 58.6 Å². The fraction of sp³-hybridized carbons (Fsp3) is 0.0714. The van der Waals surface area contributed by atoms with Crippen LogP contribution in [-0.2, 0) is 4.79 Å². The molecule has 0 aliphatic heterocycles. The lowest BCUT2D eigenvalue weighted by Crippen LogP contribution is -2.36. The van der Waals surface area contributed by atoms with Crippen LogP contribution in [0.4, 0.5) is 13.2 Å². The maximum atomic E-state index is 12.4. The molecule has 0 saturated carbocycles. The number of amides is 1. The van der Waals surface area contributed by atoms with Gasteiger partial charge in [0.15, 0.2) is 0 Å². The fourth-order valence-corrected chi connectivity index (χ4v) is 2.21. The normalized spacial score (nSPS) is 11.9. The summed E-state index contributed by atoms with van der Waals surface area (Å²) in [4.78, 5) is 27.1. The van der Waals surface area contributed by atoms with Crippen molar-refractivity contribution >= 4 is 28.7 Å². The molecule has 1 amide bonds. The van der Waals surface area contributed by atoms with Crippen LogP contribution < -0.4 is 10.9 Å². The van der Waals surface area contributed by atoms with Crippen LogP contribution in [0.1, 0.15) is 15.2 Å². The summed E-state index contributed by atoms with van der Waals surface area (Å²) in [5.41, 5.74) is 4.72. The van der Waals surface area contributed by atoms with Crippen LogP contribution in [0.15, 0.2) is 48.1 Å². The molecule has 0 spiro atoms. The number of hydrogen-bond donors (Lipinski definition) is 2. The van der Waals surface area contributed by atoms with Crippen molar-refractivity contribution in [1.82, 2.24) is 15.8 Å². The van der Waals surface area contributed by atoms with Gasteiger partial charge in [0.05, 0.1) is 10.6 Å². The first kappa shape index (κ1) is 16.7. The molecule has 120 valence electrons. The molecule has 9 heteroatoms. The molecule has 0 aliphatic rings. The monoisotopic (exact) mass is 341 g/mol. The summed E-state index contributed by atoms with van der Waals surface area (Å²) in [5.74, 6) is -2.60. The van der Waals surface area contributed by atoms with Gasteiger partial charge in [0.1, 0.15) is 0 Å². The number of halogens is 3. The maximum absolute atomic E-state index is 12.4. The second-order valence-corrected chi connectivity index (χ2v) is 5.16. The van der Waals surface area contributed by atoms with Crippen molar-refractivity contribution < 1.29 is 22.8 Å². The number of aromatic nitrogens is 1. The zero-order valence-corrected chi connectivity index (χ0v) is 12.2. The molecule has 2 N–H and O–H groups in total. The highest BCUT2D eigenvalue weighted by Crippen LogP contribution is 2.22. The number of pyridine rings is 1. The van der Waals surface area contributed by atoms with E-state index in [2.05, 4.69) is 15.8 Å². The first-order valence-electron chi connectivity index (χ1n) is 6.21. The number of nitrogens with one attached hydrogen (secondary N) is 2. The predicted octanol–water partition coefficient (Wildman–Crippen LogP) is 2.55. The van der Waals surface area contributed by atoms with Crippen LogP contribution in [-0.4, -0.2) is 22.9 Å². The lowest BCUT2D eigenvalue weighted by Gasteiger charge is -2.11. The fourth-order valence-electron chi connectivity index (χ4n) is 1.51.